The first kappa shape index (κ1) is 18.7. The number of hydrogen-bond donors (Lipinski definition) is 1. The first-order chi connectivity index (χ1) is 12.1. The second-order valence-corrected chi connectivity index (χ2v) is 10.3. The lowest BCUT2D eigenvalue weighted by Gasteiger charge is -2.29. The summed E-state index contributed by atoms with van der Waals surface area (Å²) in [5.41, 5.74) is 3.69. The van der Waals surface area contributed by atoms with E-state index in [0.717, 1.165) is 17.5 Å². The highest BCUT2D eigenvalue weighted by Gasteiger charge is 2.24. The lowest BCUT2D eigenvalue weighted by atomic mass is 10.0. The van der Waals surface area contributed by atoms with Crippen molar-refractivity contribution in [3.63, 3.8) is 0 Å². The van der Waals surface area contributed by atoms with Crippen molar-refractivity contribution in [2.45, 2.75) is 25.5 Å². The summed E-state index contributed by atoms with van der Waals surface area (Å²) in [6, 6.07) is 12.3. The van der Waals surface area contributed by atoms with Crippen LogP contribution in [0.3, 0.4) is 0 Å². The molecule has 0 fully saturated rings. The number of hydrogen-bond acceptors (Lipinski definition) is 4. The zero-order chi connectivity index (χ0) is 18.9. The molecule has 0 unspecified atom stereocenters. The highest BCUT2D eigenvalue weighted by molar-refractivity contribution is 7.92. The number of fused-ring (bicyclic) bond motifs is 1. The molecule has 0 saturated carbocycles. The lowest BCUT2D eigenvalue weighted by Crippen LogP contribution is -2.34. The molecule has 6 nitrogen and oxygen atoms in total. The van der Waals surface area contributed by atoms with E-state index in [4.69, 9.17) is 0 Å². The molecule has 1 aliphatic rings. The van der Waals surface area contributed by atoms with Crippen molar-refractivity contribution in [3.05, 3.63) is 59.2 Å². The van der Waals surface area contributed by atoms with Gasteiger partial charge in [-0.25, -0.2) is 16.8 Å². The van der Waals surface area contributed by atoms with E-state index in [9.17, 15) is 16.8 Å². The Labute approximate surface area is 155 Å². The van der Waals surface area contributed by atoms with Gasteiger partial charge in [-0.15, -0.1) is 0 Å². The van der Waals surface area contributed by atoms with Gasteiger partial charge in [0, 0.05) is 12.2 Å². The normalized spacial score (nSPS) is 14.8. The number of benzene rings is 2. The number of nitrogens with one attached hydrogen (secondary N) is 1. The molecule has 26 heavy (non-hydrogen) atoms. The van der Waals surface area contributed by atoms with Gasteiger partial charge in [-0.2, -0.15) is 0 Å². The Kier molecular flexibility index (Phi) is 4.98. The van der Waals surface area contributed by atoms with Crippen LogP contribution in [0.25, 0.3) is 0 Å². The van der Waals surface area contributed by atoms with Gasteiger partial charge in [0.2, 0.25) is 20.0 Å². The first-order valence-corrected chi connectivity index (χ1v) is 11.8. The molecule has 1 aliphatic heterocycles. The topological polar surface area (TPSA) is 83.6 Å². The Hall–Kier alpha value is -2.06. The molecule has 0 atom stereocenters. The molecule has 8 heteroatoms. The molecule has 2 aromatic rings. The number of nitrogens with zero attached hydrogens (tertiary/aromatic N) is 1. The summed E-state index contributed by atoms with van der Waals surface area (Å²) in [5, 5.41) is 0. The SMILES string of the molecule is Cc1ccc(CS(=O)(=O)Nc2ccc3c(c2)CCCN3S(C)(=O)=O)cc1. The zero-order valence-electron chi connectivity index (χ0n) is 14.8. The third kappa shape index (κ3) is 4.37. The zero-order valence-corrected chi connectivity index (χ0v) is 16.4. The van der Waals surface area contributed by atoms with Crippen molar-refractivity contribution in [1.29, 1.82) is 0 Å². The predicted molar refractivity (Wildman–Crippen MR) is 104 cm³/mol. The highest BCUT2D eigenvalue weighted by atomic mass is 32.2. The van der Waals surface area contributed by atoms with E-state index in [1.165, 1.54) is 10.6 Å². The van der Waals surface area contributed by atoms with Gasteiger partial charge in [0.05, 0.1) is 17.7 Å². The smallest absolute Gasteiger partial charge is 0.236 e. The lowest BCUT2D eigenvalue weighted by molar-refractivity contribution is 0.592. The minimum atomic E-state index is -3.55. The number of rotatable bonds is 5. The van der Waals surface area contributed by atoms with E-state index in [2.05, 4.69) is 4.72 Å². The van der Waals surface area contributed by atoms with Crippen molar-refractivity contribution in [3.8, 4) is 0 Å². The Morgan fingerprint density at radius 1 is 1.04 bits per heavy atom. The van der Waals surface area contributed by atoms with Gasteiger partial charge < -0.3 is 0 Å². The maximum atomic E-state index is 12.4. The van der Waals surface area contributed by atoms with Gasteiger partial charge >= 0.3 is 0 Å². The average Bonchev–Trinajstić information content (AvgIpc) is 2.54. The van der Waals surface area contributed by atoms with Crippen molar-refractivity contribution < 1.29 is 16.8 Å². The molecular formula is C18H22N2O4S2. The van der Waals surface area contributed by atoms with Crippen molar-refractivity contribution in [2.24, 2.45) is 0 Å². The fourth-order valence-corrected chi connectivity index (χ4v) is 5.28. The summed E-state index contributed by atoms with van der Waals surface area (Å²) >= 11 is 0. The van der Waals surface area contributed by atoms with E-state index in [0.29, 0.717) is 29.9 Å². The van der Waals surface area contributed by atoms with Crippen LogP contribution in [0.1, 0.15) is 23.1 Å². The summed E-state index contributed by atoms with van der Waals surface area (Å²) in [7, 11) is -6.89. The summed E-state index contributed by atoms with van der Waals surface area (Å²) in [5.74, 6) is -0.111. The quantitative estimate of drug-likeness (QED) is 0.845. The van der Waals surface area contributed by atoms with Crippen LogP contribution < -0.4 is 9.03 Å². The minimum Gasteiger partial charge on any atom is -0.283 e. The number of anilines is 2. The third-order valence-electron chi connectivity index (χ3n) is 4.31. The van der Waals surface area contributed by atoms with Crippen LogP contribution in [0, 0.1) is 6.92 Å². The van der Waals surface area contributed by atoms with Crippen LogP contribution >= 0.6 is 0 Å². The number of aryl methyl sites for hydroxylation is 2. The van der Waals surface area contributed by atoms with Crippen LogP contribution in [0.15, 0.2) is 42.5 Å². The summed E-state index contributed by atoms with van der Waals surface area (Å²) in [6.45, 7) is 2.40. The van der Waals surface area contributed by atoms with Crippen LogP contribution in [0.4, 0.5) is 11.4 Å². The summed E-state index contributed by atoms with van der Waals surface area (Å²) in [6.07, 6.45) is 2.61. The maximum absolute atomic E-state index is 12.4. The molecule has 1 N–H and O–H groups in total. The molecule has 3 rings (SSSR count). The van der Waals surface area contributed by atoms with E-state index in [1.54, 1.807) is 30.3 Å². The van der Waals surface area contributed by atoms with Gasteiger partial charge in [-0.3, -0.25) is 9.03 Å². The van der Waals surface area contributed by atoms with Crippen molar-refractivity contribution >= 4 is 31.4 Å². The summed E-state index contributed by atoms with van der Waals surface area (Å²) in [4.78, 5) is 0. The van der Waals surface area contributed by atoms with Gasteiger partial charge in [0.1, 0.15) is 0 Å². The van der Waals surface area contributed by atoms with E-state index in [1.807, 2.05) is 19.1 Å². The fraction of sp³-hybridized carbons (Fsp3) is 0.333. The molecule has 140 valence electrons. The second kappa shape index (κ2) is 6.92. The second-order valence-electron chi connectivity index (χ2n) is 6.63. The average molecular weight is 395 g/mol. The molecule has 0 radical (unpaired) electrons. The minimum absolute atomic E-state index is 0.111. The van der Waals surface area contributed by atoms with Gasteiger partial charge in [0.25, 0.3) is 0 Å². The molecule has 0 bridgehead atoms. The van der Waals surface area contributed by atoms with Crippen molar-refractivity contribution in [2.75, 3.05) is 21.8 Å². The Balaban J connectivity index is 1.81. The molecule has 0 amide bonds. The standard InChI is InChI=1S/C18H22N2O4S2/c1-14-5-7-15(8-6-14)13-26(23,24)19-17-9-10-18-16(12-17)4-3-11-20(18)25(2,21)22/h5-10,12,19H,3-4,11,13H2,1-2H3. The van der Waals surface area contributed by atoms with E-state index >= 15 is 0 Å². The third-order valence-corrected chi connectivity index (χ3v) is 6.75. The fourth-order valence-electron chi connectivity index (χ4n) is 3.09. The van der Waals surface area contributed by atoms with Crippen LogP contribution in [0.5, 0.6) is 0 Å². The predicted octanol–water partition coefficient (Wildman–Crippen LogP) is 2.65. The Morgan fingerprint density at radius 2 is 1.73 bits per heavy atom. The molecule has 2 aromatic carbocycles. The number of sulfonamides is 2. The Bertz CT molecular complexity index is 1010. The molecule has 0 spiro atoms. The van der Waals surface area contributed by atoms with E-state index in [-0.39, 0.29) is 5.75 Å². The van der Waals surface area contributed by atoms with Crippen LogP contribution in [-0.4, -0.2) is 29.6 Å². The molecular weight excluding hydrogens is 372 g/mol. The first-order valence-electron chi connectivity index (χ1n) is 8.31. The van der Waals surface area contributed by atoms with E-state index < -0.39 is 20.0 Å². The molecule has 0 aromatic heterocycles. The van der Waals surface area contributed by atoms with Crippen molar-refractivity contribution in [1.82, 2.24) is 0 Å². The monoisotopic (exact) mass is 394 g/mol. The summed E-state index contributed by atoms with van der Waals surface area (Å²) < 4.78 is 52.6. The van der Waals surface area contributed by atoms with Gasteiger partial charge in [0.15, 0.2) is 0 Å². The van der Waals surface area contributed by atoms with Crippen LogP contribution in [0.2, 0.25) is 0 Å². The maximum Gasteiger partial charge on any atom is 0.236 e. The molecule has 0 saturated heterocycles. The highest BCUT2D eigenvalue weighted by Crippen LogP contribution is 2.31. The molecule has 1 heterocycles. The molecule has 0 aliphatic carbocycles. The van der Waals surface area contributed by atoms with Crippen LogP contribution in [-0.2, 0) is 32.2 Å². The largest absolute Gasteiger partial charge is 0.283 e. The van der Waals surface area contributed by atoms with Gasteiger partial charge in [-0.05, 0) is 49.1 Å². The van der Waals surface area contributed by atoms with Gasteiger partial charge in [-0.1, -0.05) is 29.8 Å². The Morgan fingerprint density at radius 3 is 2.38 bits per heavy atom.